The second-order valence-corrected chi connectivity index (χ2v) is 6.44. The molecule has 0 bridgehead atoms. The van der Waals surface area contributed by atoms with Crippen molar-refractivity contribution in [3.8, 4) is 11.3 Å². The SMILES string of the molecule is Cc1cc(F)ccc1NC(=O)[C@@H](C)n1ncc(-c2ccc(Cl)cc2)nc1=O. The van der Waals surface area contributed by atoms with Crippen LogP contribution in [0.3, 0.4) is 0 Å². The molecule has 0 aliphatic rings. The lowest BCUT2D eigenvalue weighted by molar-refractivity contribution is -0.119. The van der Waals surface area contributed by atoms with E-state index in [1.165, 1.54) is 31.3 Å². The van der Waals surface area contributed by atoms with Crippen molar-refractivity contribution >= 4 is 23.2 Å². The van der Waals surface area contributed by atoms with E-state index in [4.69, 9.17) is 11.6 Å². The zero-order valence-electron chi connectivity index (χ0n) is 14.6. The van der Waals surface area contributed by atoms with Gasteiger partial charge in [-0.05, 0) is 49.7 Å². The molecular formula is C19H16ClFN4O2. The number of benzene rings is 2. The number of nitrogens with zero attached hydrogens (tertiary/aromatic N) is 3. The minimum absolute atomic E-state index is 0.384. The smallest absolute Gasteiger partial charge is 0.324 e. The van der Waals surface area contributed by atoms with E-state index < -0.39 is 23.5 Å². The highest BCUT2D eigenvalue weighted by atomic mass is 35.5. The van der Waals surface area contributed by atoms with Crippen LogP contribution >= 0.6 is 11.6 Å². The van der Waals surface area contributed by atoms with Crippen LogP contribution in [0.15, 0.2) is 53.5 Å². The minimum atomic E-state index is -0.895. The first kappa shape index (κ1) is 18.7. The Morgan fingerprint density at radius 1 is 1.22 bits per heavy atom. The highest BCUT2D eigenvalue weighted by Crippen LogP contribution is 2.19. The zero-order chi connectivity index (χ0) is 19.6. The normalized spacial score (nSPS) is 11.9. The van der Waals surface area contributed by atoms with Gasteiger partial charge in [-0.1, -0.05) is 23.7 Å². The summed E-state index contributed by atoms with van der Waals surface area (Å²) in [6.07, 6.45) is 1.41. The lowest BCUT2D eigenvalue weighted by Gasteiger charge is -2.15. The van der Waals surface area contributed by atoms with Gasteiger partial charge in [0.25, 0.3) is 0 Å². The van der Waals surface area contributed by atoms with Crippen molar-refractivity contribution in [3.05, 3.63) is 75.5 Å². The van der Waals surface area contributed by atoms with Crippen molar-refractivity contribution in [2.75, 3.05) is 5.32 Å². The molecule has 1 N–H and O–H groups in total. The van der Waals surface area contributed by atoms with E-state index in [9.17, 15) is 14.0 Å². The molecule has 138 valence electrons. The molecule has 1 amide bonds. The fourth-order valence-electron chi connectivity index (χ4n) is 2.49. The number of hydrogen-bond donors (Lipinski definition) is 1. The summed E-state index contributed by atoms with van der Waals surface area (Å²) in [5.74, 6) is -0.848. The van der Waals surface area contributed by atoms with Crippen LogP contribution in [0.5, 0.6) is 0 Å². The third kappa shape index (κ3) is 4.20. The second-order valence-electron chi connectivity index (χ2n) is 6.00. The number of halogens is 2. The number of nitrogens with one attached hydrogen (secondary N) is 1. The van der Waals surface area contributed by atoms with Crippen molar-refractivity contribution in [1.29, 1.82) is 0 Å². The number of amides is 1. The van der Waals surface area contributed by atoms with E-state index in [-0.39, 0.29) is 0 Å². The van der Waals surface area contributed by atoms with Gasteiger partial charge in [0.1, 0.15) is 11.9 Å². The first-order valence-electron chi connectivity index (χ1n) is 8.14. The Morgan fingerprint density at radius 3 is 2.56 bits per heavy atom. The van der Waals surface area contributed by atoms with Gasteiger partial charge in [-0.15, -0.1) is 0 Å². The number of rotatable bonds is 4. The van der Waals surface area contributed by atoms with Crippen molar-refractivity contribution in [3.63, 3.8) is 0 Å². The fraction of sp³-hybridized carbons (Fsp3) is 0.158. The molecule has 0 aliphatic carbocycles. The standard InChI is InChI=1S/C19H16ClFN4O2/c1-11-9-15(21)7-8-16(11)23-18(26)12(2)25-19(27)24-17(10-22-25)13-3-5-14(20)6-4-13/h3-10,12H,1-2H3,(H,23,26)/t12-/m1/s1. The maximum absolute atomic E-state index is 13.2. The molecule has 6 nitrogen and oxygen atoms in total. The summed E-state index contributed by atoms with van der Waals surface area (Å²) in [7, 11) is 0. The molecule has 1 aromatic heterocycles. The molecule has 0 fully saturated rings. The van der Waals surface area contributed by atoms with Gasteiger partial charge in [0, 0.05) is 16.3 Å². The van der Waals surface area contributed by atoms with Crippen LogP contribution in [0.1, 0.15) is 18.5 Å². The predicted molar refractivity (Wildman–Crippen MR) is 101 cm³/mol. The van der Waals surface area contributed by atoms with Crippen molar-refractivity contribution < 1.29 is 9.18 Å². The first-order valence-corrected chi connectivity index (χ1v) is 8.52. The number of aryl methyl sites for hydroxylation is 1. The summed E-state index contributed by atoms with van der Waals surface area (Å²) in [5.41, 5.74) is 1.46. The highest BCUT2D eigenvalue weighted by Gasteiger charge is 2.19. The third-order valence-electron chi connectivity index (χ3n) is 4.05. The molecule has 0 spiro atoms. The van der Waals surface area contributed by atoms with Gasteiger partial charge in [0.15, 0.2) is 0 Å². The van der Waals surface area contributed by atoms with E-state index >= 15 is 0 Å². The summed E-state index contributed by atoms with van der Waals surface area (Å²) in [6, 6.07) is 9.96. The first-order chi connectivity index (χ1) is 12.8. The third-order valence-corrected chi connectivity index (χ3v) is 4.30. The lowest BCUT2D eigenvalue weighted by Crippen LogP contribution is -2.35. The molecule has 8 heteroatoms. The summed E-state index contributed by atoms with van der Waals surface area (Å²) < 4.78 is 14.2. The quantitative estimate of drug-likeness (QED) is 0.743. The molecule has 0 unspecified atom stereocenters. The van der Waals surface area contributed by atoms with Gasteiger partial charge in [-0.3, -0.25) is 4.79 Å². The van der Waals surface area contributed by atoms with Gasteiger partial charge in [-0.2, -0.15) is 10.1 Å². The Labute approximate surface area is 159 Å². The summed E-state index contributed by atoms with van der Waals surface area (Å²) in [6.45, 7) is 3.21. The average molecular weight is 387 g/mol. The molecule has 0 saturated heterocycles. The number of carbonyl (C=O) groups is 1. The summed E-state index contributed by atoms with van der Waals surface area (Å²) in [4.78, 5) is 28.8. The van der Waals surface area contributed by atoms with E-state index in [0.717, 1.165) is 4.68 Å². The van der Waals surface area contributed by atoms with Crippen molar-refractivity contribution in [2.24, 2.45) is 0 Å². The van der Waals surface area contributed by atoms with Crippen LogP contribution < -0.4 is 11.0 Å². The largest absolute Gasteiger partial charge is 0.365 e. The monoisotopic (exact) mass is 386 g/mol. The van der Waals surface area contributed by atoms with E-state index in [2.05, 4.69) is 15.4 Å². The fourth-order valence-corrected chi connectivity index (χ4v) is 2.62. The van der Waals surface area contributed by atoms with E-state index in [0.29, 0.717) is 27.5 Å². The molecule has 0 radical (unpaired) electrons. The summed E-state index contributed by atoms with van der Waals surface area (Å²) >= 11 is 5.85. The number of aromatic nitrogens is 3. The highest BCUT2D eigenvalue weighted by molar-refractivity contribution is 6.30. The molecule has 0 saturated carbocycles. The van der Waals surface area contributed by atoms with E-state index in [1.54, 1.807) is 31.2 Å². The number of anilines is 1. The molecule has 2 aromatic carbocycles. The molecule has 3 rings (SSSR count). The Morgan fingerprint density at radius 2 is 1.93 bits per heavy atom. The molecular weight excluding hydrogens is 371 g/mol. The topological polar surface area (TPSA) is 76.9 Å². The molecule has 0 aliphatic heterocycles. The van der Waals surface area contributed by atoms with Gasteiger partial charge in [0.2, 0.25) is 5.91 Å². The Hall–Kier alpha value is -3.06. The Kier molecular flexibility index (Phi) is 5.32. The average Bonchev–Trinajstić information content (AvgIpc) is 2.64. The van der Waals surface area contributed by atoms with Crippen LogP contribution in [0.4, 0.5) is 10.1 Å². The molecule has 3 aromatic rings. The number of carbonyl (C=O) groups excluding carboxylic acids is 1. The molecule has 27 heavy (non-hydrogen) atoms. The predicted octanol–water partition coefficient (Wildman–Crippen LogP) is 3.61. The van der Waals surface area contributed by atoms with Crippen molar-refractivity contribution in [2.45, 2.75) is 19.9 Å². The maximum Gasteiger partial charge on any atom is 0.365 e. The van der Waals surface area contributed by atoms with Crippen LogP contribution in [0, 0.1) is 12.7 Å². The van der Waals surface area contributed by atoms with Crippen LogP contribution in [0.25, 0.3) is 11.3 Å². The zero-order valence-corrected chi connectivity index (χ0v) is 15.4. The second kappa shape index (κ2) is 7.67. The lowest BCUT2D eigenvalue weighted by atomic mass is 10.2. The van der Waals surface area contributed by atoms with Crippen LogP contribution in [-0.4, -0.2) is 20.7 Å². The van der Waals surface area contributed by atoms with Gasteiger partial charge < -0.3 is 5.32 Å². The Balaban J connectivity index is 1.81. The van der Waals surface area contributed by atoms with E-state index in [1.807, 2.05) is 0 Å². The van der Waals surface area contributed by atoms with Crippen LogP contribution in [0.2, 0.25) is 5.02 Å². The number of hydrogen-bond acceptors (Lipinski definition) is 4. The van der Waals surface area contributed by atoms with Gasteiger partial charge >= 0.3 is 5.69 Å². The van der Waals surface area contributed by atoms with Crippen LogP contribution in [-0.2, 0) is 4.79 Å². The van der Waals surface area contributed by atoms with Gasteiger partial charge in [-0.25, -0.2) is 13.9 Å². The minimum Gasteiger partial charge on any atom is -0.324 e. The van der Waals surface area contributed by atoms with Gasteiger partial charge in [0.05, 0.1) is 11.9 Å². The molecule has 1 atom stereocenters. The maximum atomic E-state index is 13.2. The van der Waals surface area contributed by atoms with Crippen molar-refractivity contribution in [1.82, 2.24) is 14.8 Å². The Bertz CT molecular complexity index is 1050. The summed E-state index contributed by atoms with van der Waals surface area (Å²) in [5, 5.41) is 7.30. The molecule has 1 heterocycles.